The van der Waals surface area contributed by atoms with Gasteiger partial charge in [0.15, 0.2) is 0 Å². The number of likely N-dealkylation sites (N-methyl/N-ethyl adjacent to an activating group) is 1. The third kappa shape index (κ3) is 2.76. The summed E-state index contributed by atoms with van der Waals surface area (Å²) in [6, 6.07) is 4.07. The molecule has 6 heteroatoms. The number of nitrogens with two attached hydrogens (primary N) is 1. The molecule has 0 radical (unpaired) electrons. The molecule has 2 heterocycles. The van der Waals surface area contributed by atoms with Gasteiger partial charge in [0, 0.05) is 50.6 Å². The summed E-state index contributed by atoms with van der Waals surface area (Å²) < 4.78 is 10.8. The van der Waals surface area contributed by atoms with Gasteiger partial charge in [-0.15, -0.1) is 0 Å². The highest BCUT2D eigenvalue weighted by Gasteiger charge is 2.25. The van der Waals surface area contributed by atoms with E-state index in [0.717, 1.165) is 38.6 Å². The molecular formula is C15H22N4O2. The molecule has 0 aliphatic carbocycles. The third-order valence-electron chi connectivity index (χ3n) is 4.03. The van der Waals surface area contributed by atoms with E-state index in [-0.39, 0.29) is 5.92 Å². The molecule has 1 saturated heterocycles. The van der Waals surface area contributed by atoms with Gasteiger partial charge < -0.3 is 20.1 Å². The molecule has 1 aromatic rings. The third-order valence-corrected chi connectivity index (χ3v) is 4.03. The summed E-state index contributed by atoms with van der Waals surface area (Å²) in [5.41, 5.74) is 9.17. The van der Waals surface area contributed by atoms with Crippen molar-refractivity contribution >= 4 is 17.6 Å². The average Bonchev–Trinajstić information content (AvgIpc) is 2.94. The molecule has 1 atom stereocenters. The van der Waals surface area contributed by atoms with E-state index in [1.807, 2.05) is 30.4 Å². The van der Waals surface area contributed by atoms with Crippen molar-refractivity contribution in [1.29, 1.82) is 0 Å². The molecule has 0 bridgehead atoms. The van der Waals surface area contributed by atoms with Gasteiger partial charge in [0.1, 0.15) is 5.75 Å². The van der Waals surface area contributed by atoms with Crippen molar-refractivity contribution in [3.05, 3.63) is 17.7 Å². The lowest BCUT2D eigenvalue weighted by molar-refractivity contribution is 0.122. The first-order chi connectivity index (χ1) is 10.2. The number of nitrogens with zero attached hydrogens (tertiary/aromatic N) is 3. The lowest BCUT2D eigenvalue weighted by atomic mass is 9.96. The second-order valence-electron chi connectivity index (χ2n) is 5.46. The summed E-state index contributed by atoms with van der Waals surface area (Å²) in [5, 5.41) is 6.30. The van der Waals surface area contributed by atoms with E-state index >= 15 is 0 Å². The Labute approximate surface area is 125 Å². The number of benzene rings is 1. The van der Waals surface area contributed by atoms with Crippen molar-refractivity contribution < 1.29 is 9.47 Å². The SMILES string of the molecule is COc1cc(N2CCOCC2)c(C2C=NN(C)C2)cc1N. The number of hydrogen-bond donors (Lipinski definition) is 1. The van der Waals surface area contributed by atoms with Gasteiger partial charge in [0.25, 0.3) is 0 Å². The molecule has 2 aliphatic rings. The molecule has 3 rings (SSSR count). The first-order valence-corrected chi connectivity index (χ1v) is 7.24. The van der Waals surface area contributed by atoms with E-state index < -0.39 is 0 Å². The van der Waals surface area contributed by atoms with Gasteiger partial charge in [-0.05, 0) is 11.6 Å². The number of nitrogen functional groups attached to an aromatic ring is 1. The second-order valence-corrected chi connectivity index (χ2v) is 5.46. The lowest BCUT2D eigenvalue weighted by Crippen LogP contribution is -2.37. The van der Waals surface area contributed by atoms with Crippen LogP contribution in [0.2, 0.25) is 0 Å². The van der Waals surface area contributed by atoms with E-state index in [1.54, 1.807) is 7.11 Å². The summed E-state index contributed by atoms with van der Waals surface area (Å²) in [6.45, 7) is 4.16. The molecule has 2 N–H and O–H groups in total. The Morgan fingerprint density at radius 3 is 2.71 bits per heavy atom. The molecule has 1 unspecified atom stereocenters. The number of morpholine rings is 1. The number of rotatable bonds is 3. The highest BCUT2D eigenvalue weighted by atomic mass is 16.5. The zero-order valence-electron chi connectivity index (χ0n) is 12.6. The standard InChI is InChI=1S/C15H22N4O2/c1-18-10-11(9-17-18)12-7-13(16)15(20-2)8-14(12)19-3-5-21-6-4-19/h7-9,11H,3-6,10,16H2,1-2H3. The maximum absolute atomic E-state index is 6.11. The Bertz CT molecular complexity index is 541. The number of hydrogen-bond acceptors (Lipinski definition) is 6. The Morgan fingerprint density at radius 2 is 2.10 bits per heavy atom. The zero-order valence-corrected chi connectivity index (χ0v) is 12.6. The molecule has 0 saturated carbocycles. The number of hydrazone groups is 1. The number of methoxy groups -OCH3 is 1. The molecule has 1 aromatic carbocycles. The molecule has 2 aliphatic heterocycles. The maximum atomic E-state index is 6.11. The van der Waals surface area contributed by atoms with Crippen molar-refractivity contribution in [2.24, 2.45) is 5.10 Å². The van der Waals surface area contributed by atoms with Crippen molar-refractivity contribution in [3.8, 4) is 5.75 Å². The van der Waals surface area contributed by atoms with Crippen LogP contribution in [-0.2, 0) is 4.74 Å². The van der Waals surface area contributed by atoms with Gasteiger partial charge >= 0.3 is 0 Å². The molecular weight excluding hydrogens is 268 g/mol. The molecule has 6 nitrogen and oxygen atoms in total. The highest BCUT2D eigenvalue weighted by molar-refractivity contribution is 5.78. The summed E-state index contributed by atoms with van der Waals surface area (Å²) >= 11 is 0. The van der Waals surface area contributed by atoms with Gasteiger partial charge in [0.05, 0.1) is 26.0 Å². The predicted molar refractivity (Wildman–Crippen MR) is 84.3 cm³/mol. The average molecular weight is 290 g/mol. The fraction of sp³-hybridized carbons (Fsp3) is 0.533. The highest BCUT2D eigenvalue weighted by Crippen LogP contribution is 2.37. The summed E-state index contributed by atoms with van der Waals surface area (Å²) in [4.78, 5) is 2.34. The Balaban J connectivity index is 1.99. The first-order valence-electron chi connectivity index (χ1n) is 7.24. The summed E-state index contributed by atoms with van der Waals surface area (Å²) in [5.74, 6) is 0.990. The fourth-order valence-electron chi connectivity index (χ4n) is 2.91. The Kier molecular flexibility index (Phi) is 3.88. The van der Waals surface area contributed by atoms with Crippen LogP contribution in [-0.4, -0.2) is 58.2 Å². The second kappa shape index (κ2) is 5.81. The zero-order chi connectivity index (χ0) is 14.8. The van der Waals surface area contributed by atoms with Crippen LogP contribution < -0.4 is 15.4 Å². The van der Waals surface area contributed by atoms with Crippen LogP contribution in [0.4, 0.5) is 11.4 Å². The minimum absolute atomic E-state index is 0.265. The van der Waals surface area contributed by atoms with E-state index in [2.05, 4.69) is 10.0 Å². The fourth-order valence-corrected chi connectivity index (χ4v) is 2.91. The topological polar surface area (TPSA) is 63.3 Å². The normalized spacial score (nSPS) is 21.9. The smallest absolute Gasteiger partial charge is 0.143 e. The van der Waals surface area contributed by atoms with Gasteiger partial charge in [-0.3, -0.25) is 5.01 Å². The maximum Gasteiger partial charge on any atom is 0.143 e. The van der Waals surface area contributed by atoms with E-state index in [4.69, 9.17) is 15.2 Å². The van der Waals surface area contributed by atoms with Crippen LogP contribution in [0.25, 0.3) is 0 Å². The lowest BCUT2D eigenvalue weighted by Gasteiger charge is -2.32. The number of anilines is 2. The van der Waals surface area contributed by atoms with Crippen LogP contribution >= 0.6 is 0 Å². The Morgan fingerprint density at radius 1 is 1.33 bits per heavy atom. The van der Waals surface area contributed by atoms with Crippen molar-refractivity contribution in [3.63, 3.8) is 0 Å². The minimum atomic E-state index is 0.265. The van der Waals surface area contributed by atoms with Crippen LogP contribution in [0, 0.1) is 0 Å². The monoisotopic (exact) mass is 290 g/mol. The van der Waals surface area contributed by atoms with E-state index in [9.17, 15) is 0 Å². The van der Waals surface area contributed by atoms with Gasteiger partial charge in [0.2, 0.25) is 0 Å². The van der Waals surface area contributed by atoms with Gasteiger partial charge in [-0.1, -0.05) is 0 Å². The number of ether oxygens (including phenoxy) is 2. The van der Waals surface area contributed by atoms with Crippen LogP contribution in [0.5, 0.6) is 5.75 Å². The quantitative estimate of drug-likeness (QED) is 0.846. The molecule has 1 fully saturated rings. The first kappa shape index (κ1) is 14.0. The predicted octanol–water partition coefficient (Wildman–Crippen LogP) is 1.13. The summed E-state index contributed by atoms with van der Waals surface area (Å²) in [6.07, 6.45) is 1.99. The molecule has 114 valence electrons. The van der Waals surface area contributed by atoms with Crippen molar-refractivity contribution in [2.75, 3.05) is 57.6 Å². The van der Waals surface area contributed by atoms with Crippen molar-refractivity contribution in [2.45, 2.75) is 5.92 Å². The van der Waals surface area contributed by atoms with Crippen LogP contribution in [0.15, 0.2) is 17.2 Å². The molecule has 0 spiro atoms. The van der Waals surface area contributed by atoms with Crippen molar-refractivity contribution in [1.82, 2.24) is 5.01 Å². The van der Waals surface area contributed by atoms with E-state index in [1.165, 1.54) is 11.3 Å². The molecule has 21 heavy (non-hydrogen) atoms. The Hall–Kier alpha value is -1.95. The largest absolute Gasteiger partial charge is 0.495 e. The van der Waals surface area contributed by atoms with Crippen LogP contribution in [0.1, 0.15) is 11.5 Å². The molecule has 0 aromatic heterocycles. The molecule has 0 amide bonds. The van der Waals surface area contributed by atoms with Gasteiger partial charge in [-0.25, -0.2) is 0 Å². The van der Waals surface area contributed by atoms with Crippen LogP contribution in [0.3, 0.4) is 0 Å². The van der Waals surface area contributed by atoms with Gasteiger partial charge in [-0.2, -0.15) is 5.10 Å². The minimum Gasteiger partial charge on any atom is -0.495 e. The van der Waals surface area contributed by atoms with E-state index in [0.29, 0.717) is 5.69 Å². The summed E-state index contributed by atoms with van der Waals surface area (Å²) in [7, 11) is 3.64.